The first-order chi connectivity index (χ1) is 14.5. The molecule has 8 nitrogen and oxygen atoms in total. The van der Waals surface area contributed by atoms with Crippen LogP contribution < -0.4 is 16.0 Å². The molecule has 0 aliphatic carbocycles. The number of H-pyrrole nitrogens is 1. The zero-order valence-corrected chi connectivity index (χ0v) is 16.7. The predicted octanol–water partition coefficient (Wildman–Crippen LogP) is 3.21. The summed E-state index contributed by atoms with van der Waals surface area (Å²) in [6.45, 7) is 4.94. The van der Waals surface area contributed by atoms with E-state index in [0.29, 0.717) is 22.3 Å². The molecule has 0 unspecified atom stereocenters. The predicted molar refractivity (Wildman–Crippen MR) is 119 cm³/mol. The number of aromatic amines is 1. The third-order valence-electron chi connectivity index (χ3n) is 4.92. The molecule has 3 aromatic rings. The number of hydrogen-bond acceptors (Lipinski definition) is 7. The highest BCUT2D eigenvalue weighted by atomic mass is 16.5. The fraction of sp³-hybridized carbons (Fsp3) is 0.227. The largest absolute Gasteiger partial charge is 0.402 e. The lowest BCUT2D eigenvalue weighted by atomic mass is 10.1. The number of carbonyl (C=O) groups is 1. The van der Waals surface area contributed by atoms with E-state index >= 15 is 0 Å². The van der Waals surface area contributed by atoms with Gasteiger partial charge in [0.2, 0.25) is 5.78 Å². The van der Waals surface area contributed by atoms with Crippen LogP contribution >= 0.6 is 0 Å². The van der Waals surface area contributed by atoms with Crippen LogP contribution in [-0.4, -0.2) is 47.8 Å². The summed E-state index contributed by atoms with van der Waals surface area (Å²) in [4.78, 5) is 22.3. The fourth-order valence-electron chi connectivity index (χ4n) is 3.44. The lowest BCUT2D eigenvalue weighted by Crippen LogP contribution is -2.36. The number of anilines is 3. The Morgan fingerprint density at radius 2 is 2.00 bits per heavy atom. The Morgan fingerprint density at radius 1 is 1.27 bits per heavy atom. The number of benzene rings is 1. The van der Waals surface area contributed by atoms with Crippen LogP contribution in [0.15, 0.2) is 54.5 Å². The van der Waals surface area contributed by atoms with Crippen molar-refractivity contribution in [3.8, 4) is 0 Å². The molecule has 0 atom stereocenters. The summed E-state index contributed by atoms with van der Waals surface area (Å²) in [5.74, 6) is -0.403. The van der Waals surface area contributed by atoms with Crippen molar-refractivity contribution >= 4 is 39.6 Å². The van der Waals surface area contributed by atoms with Crippen LogP contribution in [0.1, 0.15) is 17.3 Å². The number of ether oxygens (including phenoxy) is 1. The normalized spacial score (nSPS) is 14.7. The van der Waals surface area contributed by atoms with E-state index < -0.39 is 5.78 Å². The topological polar surface area (TPSA) is 120 Å². The molecule has 154 valence electrons. The molecule has 0 saturated carbocycles. The van der Waals surface area contributed by atoms with E-state index in [1.165, 1.54) is 6.08 Å². The number of morpholine rings is 1. The first-order valence-corrected chi connectivity index (χ1v) is 9.75. The van der Waals surface area contributed by atoms with Gasteiger partial charge < -0.3 is 25.7 Å². The third-order valence-corrected chi connectivity index (χ3v) is 4.92. The van der Waals surface area contributed by atoms with E-state index in [0.717, 1.165) is 43.4 Å². The molecule has 3 heterocycles. The molecule has 1 aliphatic heterocycles. The minimum atomic E-state index is -0.403. The molecule has 0 amide bonds. The summed E-state index contributed by atoms with van der Waals surface area (Å²) < 4.78 is 5.40. The average Bonchev–Trinajstić information content (AvgIpc) is 3.17. The molecule has 0 bridgehead atoms. The molecule has 2 aromatic heterocycles. The van der Waals surface area contributed by atoms with Gasteiger partial charge in [0.15, 0.2) is 0 Å². The van der Waals surface area contributed by atoms with Crippen molar-refractivity contribution in [3.63, 3.8) is 0 Å². The van der Waals surface area contributed by atoms with Gasteiger partial charge in [0.25, 0.3) is 0 Å². The molecule has 1 aliphatic rings. The Morgan fingerprint density at radius 3 is 2.70 bits per heavy atom. The van der Waals surface area contributed by atoms with Gasteiger partial charge >= 0.3 is 0 Å². The summed E-state index contributed by atoms with van der Waals surface area (Å²) in [5, 5.41) is 11.9. The molecule has 30 heavy (non-hydrogen) atoms. The number of fused-ring (bicyclic) bond motifs is 1. The minimum Gasteiger partial charge on any atom is -0.402 e. The number of nitrogens with one attached hydrogen (secondary N) is 3. The maximum atomic E-state index is 12.6. The lowest BCUT2D eigenvalue weighted by Gasteiger charge is -2.28. The average molecular weight is 404 g/mol. The SMILES string of the molecule is CC(N)=CC(=N)C(=O)c1c[nH]c2ncc(Nc3ccc(N4CCOCC4)cc3)cc12. The van der Waals surface area contributed by atoms with Crippen molar-refractivity contribution in [2.24, 2.45) is 5.73 Å². The highest BCUT2D eigenvalue weighted by Gasteiger charge is 2.17. The van der Waals surface area contributed by atoms with Gasteiger partial charge in [0.05, 0.1) is 30.7 Å². The van der Waals surface area contributed by atoms with E-state index in [9.17, 15) is 4.79 Å². The Balaban J connectivity index is 1.54. The number of pyridine rings is 1. The first-order valence-electron chi connectivity index (χ1n) is 9.75. The molecule has 0 spiro atoms. The van der Waals surface area contributed by atoms with Crippen LogP contribution in [0.25, 0.3) is 11.0 Å². The molecule has 0 radical (unpaired) electrons. The van der Waals surface area contributed by atoms with Crippen molar-refractivity contribution < 1.29 is 9.53 Å². The standard InChI is InChI=1S/C22H24N6O2/c1-14(23)10-20(24)21(29)19-13-26-22-18(19)11-16(12-25-22)27-15-2-4-17(5-3-15)28-6-8-30-9-7-28/h2-5,10-13,24,27H,6-9,23H2,1H3,(H,25,26). The van der Waals surface area contributed by atoms with Crippen LogP contribution in [0.4, 0.5) is 17.1 Å². The van der Waals surface area contributed by atoms with Gasteiger partial charge in [-0.1, -0.05) is 0 Å². The second-order valence-electron chi connectivity index (χ2n) is 7.22. The Kier molecular flexibility index (Phi) is 5.49. The highest BCUT2D eigenvalue weighted by molar-refractivity contribution is 6.50. The van der Waals surface area contributed by atoms with Gasteiger partial charge in [0.1, 0.15) is 11.4 Å². The maximum absolute atomic E-state index is 12.6. The van der Waals surface area contributed by atoms with Gasteiger partial charge in [-0.15, -0.1) is 0 Å². The maximum Gasteiger partial charge on any atom is 0.212 e. The van der Waals surface area contributed by atoms with Crippen molar-refractivity contribution in [3.05, 3.63) is 60.1 Å². The Hall–Kier alpha value is -3.65. The molecule has 8 heteroatoms. The molecule has 1 aromatic carbocycles. The number of hydrogen-bond donors (Lipinski definition) is 4. The number of allylic oxidation sites excluding steroid dienone is 2. The second-order valence-corrected chi connectivity index (χ2v) is 7.22. The molecule has 4 rings (SSSR count). The summed E-state index contributed by atoms with van der Waals surface area (Å²) in [6, 6.07) is 10.0. The van der Waals surface area contributed by atoms with Crippen LogP contribution in [0.2, 0.25) is 0 Å². The zero-order chi connectivity index (χ0) is 21.1. The number of ketones is 1. The Labute approximate surface area is 174 Å². The van der Waals surface area contributed by atoms with Crippen molar-refractivity contribution in [2.45, 2.75) is 6.92 Å². The van der Waals surface area contributed by atoms with E-state index in [4.69, 9.17) is 15.9 Å². The van der Waals surface area contributed by atoms with Crippen LogP contribution in [-0.2, 0) is 4.74 Å². The van der Waals surface area contributed by atoms with Gasteiger partial charge in [-0.05, 0) is 43.3 Å². The summed E-state index contributed by atoms with van der Waals surface area (Å²) in [6.07, 6.45) is 4.64. The summed E-state index contributed by atoms with van der Waals surface area (Å²) in [5.41, 5.74) is 9.67. The van der Waals surface area contributed by atoms with Crippen LogP contribution in [0.5, 0.6) is 0 Å². The van der Waals surface area contributed by atoms with Crippen LogP contribution in [0.3, 0.4) is 0 Å². The first kappa shape index (κ1) is 19.7. The quantitative estimate of drug-likeness (QED) is 0.370. The van der Waals surface area contributed by atoms with Crippen molar-refractivity contribution in [1.29, 1.82) is 5.41 Å². The molecule has 1 saturated heterocycles. The number of nitrogens with two attached hydrogens (primary N) is 1. The number of carbonyl (C=O) groups excluding carboxylic acids is 1. The van der Waals surface area contributed by atoms with Gasteiger partial charge in [-0.3, -0.25) is 10.2 Å². The van der Waals surface area contributed by atoms with E-state index in [2.05, 4.69) is 32.3 Å². The third kappa shape index (κ3) is 4.18. The molecule has 1 fully saturated rings. The molecule has 5 N–H and O–H groups in total. The number of nitrogens with zero attached hydrogens (tertiary/aromatic N) is 2. The minimum absolute atomic E-state index is 0.159. The fourth-order valence-corrected chi connectivity index (χ4v) is 3.44. The van der Waals surface area contributed by atoms with E-state index in [-0.39, 0.29) is 5.71 Å². The lowest BCUT2D eigenvalue weighted by molar-refractivity contribution is 0.106. The van der Waals surface area contributed by atoms with Gasteiger partial charge in [0, 0.05) is 41.7 Å². The Bertz CT molecular complexity index is 1110. The number of aromatic nitrogens is 2. The van der Waals surface area contributed by atoms with Crippen molar-refractivity contribution in [2.75, 3.05) is 36.5 Å². The summed E-state index contributed by atoms with van der Waals surface area (Å²) >= 11 is 0. The monoisotopic (exact) mass is 404 g/mol. The number of rotatable bonds is 6. The second kappa shape index (κ2) is 8.38. The summed E-state index contributed by atoms with van der Waals surface area (Å²) in [7, 11) is 0. The van der Waals surface area contributed by atoms with Crippen molar-refractivity contribution in [1.82, 2.24) is 9.97 Å². The van der Waals surface area contributed by atoms with Gasteiger partial charge in [-0.2, -0.15) is 0 Å². The highest BCUT2D eigenvalue weighted by Crippen LogP contribution is 2.25. The van der Waals surface area contributed by atoms with E-state index in [1.807, 2.05) is 18.2 Å². The zero-order valence-electron chi connectivity index (χ0n) is 16.7. The van der Waals surface area contributed by atoms with Crippen LogP contribution in [0, 0.1) is 5.41 Å². The molecular weight excluding hydrogens is 380 g/mol. The van der Waals surface area contributed by atoms with Gasteiger partial charge in [-0.25, -0.2) is 4.98 Å². The van der Waals surface area contributed by atoms with E-state index in [1.54, 1.807) is 19.3 Å². The number of Topliss-reactive ketones (excluding diaryl/α,β-unsaturated/α-hetero) is 1. The molecular formula is C22H24N6O2. The smallest absolute Gasteiger partial charge is 0.212 e.